The summed E-state index contributed by atoms with van der Waals surface area (Å²) < 4.78 is 10.4. The van der Waals surface area contributed by atoms with E-state index in [-0.39, 0.29) is 17.7 Å². The fourth-order valence-corrected chi connectivity index (χ4v) is 2.61. The molecule has 0 heterocycles. The van der Waals surface area contributed by atoms with E-state index in [9.17, 15) is 9.59 Å². The standard InChI is InChI=1S/C13H15BrO4S/c1-3-18-12(15)8-19-7-9-4-5-10(14)6-11(9)13(16)17-2/h4-6H,3,7-8H2,1-2H3. The molecule has 0 unspecified atom stereocenters. The molecule has 0 atom stereocenters. The number of hydrogen-bond acceptors (Lipinski definition) is 5. The van der Waals surface area contributed by atoms with E-state index >= 15 is 0 Å². The average molecular weight is 347 g/mol. The summed E-state index contributed by atoms with van der Waals surface area (Å²) in [6.07, 6.45) is 0. The topological polar surface area (TPSA) is 52.6 Å². The zero-order valence-corrected chi connectivity index (χ0v) is 13.2. The molecule has 4 nitrogen and oxygen atoms in total. The van der Waals surface area contributed by atoms with Crippen molar-refractivity contribution in [1.82, 2.24) is 0 Å². The van der Waals surface area contributed by atoms with Crippen LogP contribution in [0.25, 0.3) is 0 Å². The molecule has 0 saturated heterocycles. The summed E-state index contributed by atoms with van der Waals surface area (Å²) in [4.78, 5) is 22.9. The Balaban J connectivity index is 2.67. The lowest BCUT2D eigenvalue weighted by atomic mass is 10.1. The third-order valence-corrected chi connectivity index (χ3v) is 3.71. The molecule has 1 rings (SSSR count). The summed E-state index contributed by atoms with van der Waals surface area (Å²) in [5, 5.41) is 0. The Labute approximate surface area is 125 Å². The highest BCUT2D eigenvalue weighted by Gasteiger charge is 2.13. The van der Waals surface area contributed by atoms with Gasteiger partial charge in [0.2, 0.25) is 0 Å². The second kappa shape index (κ2) is 8.22. The van der Waals surface area contributed by atoms with Crippen LogP contribution in [0, 0.1) is 0 Å². The fraction of sp³-hybridized carbons (Fsp3) is 0.385. The van der Waals surface area contributed by atoms with E-state index in [1.165, 1.54) is 18.9 Å². The maximum Gasteiger partial charge on any atom is 0.338 e. The van der Waals surface area contributed by atoms with Gasteiger partial charge in [0.1, 0.15) is 0 Å². The van der Waals surface area contributed by atoms with E-state index in [2.05, 4.69) is 15.9 Å². The minimum Gasteiger partial charge on any atom is -0.465 e. The maximum absolute atomic E-state index is 11.6. The van der Waals surface area contributed by atoms with Crippen LogP contribution in [0.1, 0.15) is 22.8 Å². The SMILES string of the molecule is CCOC(=O)CSCc1ccc(Br)cc1C(=O)OC. The minimum absolute atomic E-state index is 0.246. The van der Waals surface area contributed by atoms with Crippen molar-refractivity contribution in [3.8, 4) is 0 Å². The van der Waals surface area contributed by atoms with Crippen LogP contribution in [0.5, 0.6) is 0 Å². The Morgan fingerprint density at radius 3 is 2.74 bits per heavy atom. The van der Waals surface area contributed by atoms with Gasteiger partial charge in [-0.15, -0.1) is 11.8 Å². The van der Waals surface area contributed by atoms with E-state index in [1.54, 1.807) is 13.0 Å². The summed E-state index contributed by atoms with van der Waals surface area (Å²) in [5.41, 5.74) is 1.34. The van der Waals surface area contributed by atoms with Gasteiger partial charge in [0.25, 0.3) is 0 Å². The van der Waals surface area contributed by atoms with Crippen LogP contribution in [-0.4, -0.2) is 31.4 Å². The molecule has 0 radical (unpaired) electrons. The number of halogens is 1. The predicted molar refractivity (Wildman–Crippen MR) is 78.3 cm³/mol. The van der Waals surface area contributed by atoms with Gasteiger partial charge in [0.15, 0.2) is 0 Å². The van der Waals surface area contributed by atoms with E-state index in [0.717, 1.165) is 10.0 Å². The predicted octanol–water partition coefficient (Wildman–Crippen LogP) is 3.03. The number of hydrogen-bond donors (Lipinski definition) is 0. The number of methoxy groups -OCH3 is 1. The fourth-order valence-electron chi connectivity index (χ4n) is 1.42. The van der Waals surface area contributed by atoms with Gasteiger partial charge < -0.3 is 9.47 Å². The molecule has 0 aliphatic carbocycles. The number of thioether (sulfide) groups is 1. The van der Waals surface area contributed by atoms with Crippen molar-refractivity contribution in [3.63, 3.8) is 0 Å². The molecule has 0 aliphatic heterocycles. The third-order valence-electron chi connectivity index (χ3n) is 2.26. The largest absolute Gasteiger partial charge is 0.465 e. The van der Waals surface area contributed by atoms with E-state index in [1.807, 2.05) is 12.1 Å². The Morgan fingerprint density at radius 1 is 1.37 bits per heavy atom. The van der Waals surface area contributed by atoms with Crippen LogP contribution in [0.4, 0.5) is 0 Å². The molecule has 0 aliphatic rings. The summed E-state index contributed by atoms with van der Waals surface area (Å²) in [6, 6.07) is 5.41. The highest BCUT2D eigenvalue weighted by Crippen LogP contribution is 2.22. The van der Waals surface area contributed by atoms with Crippen LogP contribution >= 0.6 is 27.7 Å². The molecule has 1 aromatic rings. The number of rotatable bonds is 6. The van der Waals surface area contributed by atoms with Crippen molar-refractivity contribution >= 4 is 39.6 Å². The molecule has 0 bridgehead atoms. The molecule has 0 saturated carbocycles. The second-order valence-electron chi connectivity index (χ2n) is 3.59. The Kier molecular flexibility index (Phi) is 6.94. The number of benzene rings is 1. The van der Waals surface area contributed by atoms with Crippen LogP contribution in [-0.2, 0) is 20.0 Å². The Morgan fingerprint density at radius 2 is 2.11 bits per heavy atom. The first kappa shape index (κ1) is 16.0. The van der Waals surface area contributed by atoms with Gasteiger partial charge in [-0.1, -0.05) is 22.0 Å². The number of carbonyl (C=O) groups is 2. The quantitative estimate of drug-likeness (QED) is 0.741. The Hall–Kier alpha value is -1.01. The minimum atomic E-state index is -0.381. The molecule has 0 aromatic heterocycles. The number of ether oxygens (including phenoxy) is 2. The zero-order chi connectivity index (χ0) is 14.3. The highest BCUT2D eigenvalue weighted by atomic mass is 79.9. The van der Waals surface area contributed by atoms with E-state index < -0.39 is 0 Å². The van der Waals surface area contributed by atoms with Crippen molar-refractivity contribution in [2.75, 3.05) is 19.5 Å². The molecule has 0 spiro atoms. The first-order valence-electron chi connectivity index (χ1n) is 5.68. The highest BCUT2D eigenvalue weighted by molar-refractivity contribution is 9.10. The zero-order valence-electron chi connectivity index (χ0n) is 10.8. The molecular weight excluding hydrogens is 332 g/mol. The molecule has 0 N–H and O–H groups in total. The molecule has 104 valence electrons. The van der Waals surface area contributed by atoms with Crippen LogP contribution < -0.4 is 0 Å². The van der Waals surface area contributed by atoms with E-state index in [0.29, 0.717) is 17.9 Å². The maximum atomic E-state index is 11.6. The Bertz CT molecular complexity index is 462. The van der Waals surface area contributed by atoms with Crippen LogP contribution in [0.2, 0.25) is 0 Å². The van der Waals surface area contributed by atoms with Crippen LogP contribution in [0.15, 0.2) is 22.7 Å². The van der Waals surface area contributed by atoms with Gasteiger partial charge in [0.05, 0.1) is 25.0 Å². The summed E-state index contributed by atoms with van der Waals surface area (Å²) in [6.45, 7) is 2.15. The van der Waals surface area contributed by atoms with E-state index in [4.69, 9.17) is 9.47 Å². The van der Waals surface area contributed by atoms with Crippen molar-refractivity contribution < 1.29 is 19.1 Å². The van der Waals surface area contributed by atoms with Gasteiger partial charge in [-0.3, -0.25) is 4.79 Å². The van der Waals surface area contributed by atoms with Crippen LogP contribution in [0.3, 0.4) is 0 Å². The normalized spacial score (nSPS) is 10.1. The smallest absolute Gasteiger partial charge is 0.338 e. The van der Waals surface area contributed by atoms with Gasteiger partial charge in [-0.25, -0.2) is 4.79 Å². The number of esters is 2. The second-order valence-corrected chi connectivity index (χ2v) is 5.49. The van der Waals surface area contributed by atoms with Gasteiger partial charge >= 0.3 is 11.9 Å². The van der Waals surface area contributed by atoms with Gasteiger partial charge in [-0.05, 0) is 24.6 Å². The van der Waals surface area contributed by atoms with Crippen molar-refractivity contribution in [2.24, 2.45) is 0 Å². The molecule has 0 fully saturated rings. The van der Waals surface area contributed by atoms with Crippen molar-refractivity contribution in [3.05, 3.63) is 33.8 Å². The first-order valence-corrected chi connectivity index (χ1v) is 7.63. The third kappa shape index (κ3) is 5.24. The molecule has 19 heavy (non-hydrogen) atoms. The lowest BCUT2D eigenvalue weighted by Gasteiger charge is -2.08. The molecule has 0 amide bonds. The molecule has 1 aromatic carbocycles. The molecule has 6 heteroatoms. The van der Waals surface area contributed by atoms with Crippen molar-refractivity contribution in [1.29, 1.82) is 0 Å². The first-order chi connectivity index (χ1) is 9.08. The lowest BCUT2D eigenvalue weighted by Crippen LogP contribution is -2.08. The van der Waals surface area contributed by atoms with Gasteiger partial charge in [-0.2, -0.15) is 0 Å². The lowest BCUT2D eigenvalue weighted by molar-refractivity contribution is -0.139. The molecular formula is C13H15BrO4S. The summed E-state index contributed by atoms with van der Waals surface area (Å²) in [5.74, 6) is 0.193. The number of carbonyl (C=O) groups excluding carboxylic acids is 2. The van der Waals surface area contributed by atoms with Crippen molar-refractivity contribution in [2.45, 2.75) is 12.7 Å². The monoisotopic (exact) mass is 346 g/mol. The summed E-state index contributed by atoms with van der Waals surface area (Å²) in [7, 11) is 1.35. The average Bonchev–Trinajstić information content (AvgIpc) is 2.39. The summed E-state index contributed by atoms with van der Waals surface area (Å²) >= 11 is 4.72. The van der Waals surface area contributed by atoms with Gasteiger partial charge in [0, 0.05) is 10.2 Å².